The lowest BCUT2D eigenvalue weighted by Gasteiger charge is -2.27. The van der Waals surface area contributed by atoms with Gasteiger partial charge in [0.25, 0.3) is 0 Å². The van der Waals surface area contributed by atoms with Crippen LogP contribution in [-0.4, -0.2) is 24.9 Å². The highest BCUT2D eigenvalue weighted by molar-refractivity contribution is 6.32. The van der Waals surface area contributed by atoms with Crippen LogP contribution >= 0.6 is 11.6 Å². The van der Waals surface area contributed by atoms with Crippen molar-refractivity contribution in [3.8, 4) is 5.75 Å². The number of rotatable bonds is 2. The quantitative estimate of drug-likeness (QED) is 0.865. The zero-order valence-corrected chi connectivity index (χ0v) is 10.1. The number of aliphatic hydroxyl groups is 1. The van der Waals surface area contributed by atoms with E-state index in [1.807, 2.05) is 13.0 Å². The van der Waals surface area contributed by atoms with E-state index in [0.29, 0.717) is 23.8 Å². The normalized spacial score (nSPS) is 29.4. The van der Waals surface area contributed by atoms with E-state index in [1.54, 1.807) is 19.2 Å². The predicted octanol–water partition coefficient (Wildman–Crippen LogP) is 2.35. The van der Waals surface area contributed by atoms with Gasteiger partial charge in [0.2, 0.25) is 0 Å². The second-order valence-corrected chi connectivity index (χ2v) is 4.44. The van der Waals surface area contributed by atoms with Crippen LogP contribution < -0.4 is 4.74 Å². The molecule has 88 valence electrons. The van der Waals surface area contributed by atoms with Gasteiger partial charge in [-0.05, 0) is 24.6 Å². The van der Waals surface area contributed by atoms with Gasteiger partial charge in [-0.3, -0.25) is 0 Å². The highest BCUT2D eigenvalue weighted by Crippen LogP contribution is 2.38. The van der Waals surface area contributed by atoms with Crippen molar-refractivity contribution in [3.63, 3.8) is 0 Å². The van der Waals surface area contributed by atoms with Crippen molar-refractivity contribution in [1.82, 2.24) is 0 Å². The Kier molecular flexibility index (Phi) is 3.10. The summed E-state index contributed by atoms with van der Waals surface area (Å²) >= 11 is 5.95. The Morgan fingerprint density at radius 2 is 2.31 bits per heavy atom. The van der Waals surface area contributed by atoms with E-state index in [0.717, 1.165) is 5.56 Å². The summed E-state index contributed by atoms with van der Waals surface area (Å²) in [4.78, 5) is 0. The first kappa shape index (κ1) is 11.7. The number of hydrogen-bond acceptors (Lipinski definition) is 3. The number of hydrogen-bond donors (Lipinski definition) is 1. The highest BCUT2D eigenvalue weighted by atomic mass is 35.5. The third-order valence-electron chi connectivity index (χ3n) is 3.17. The lowest BCUT2D eigenvalue weighted by Crippen LogP contribution is -2.33. The first-order chi connectivity index (χ1) is 7.58. The molecule has 0 aliphatic carbocycles. The van der Waals surface area contributed by atoms with Crippen LogP contribution in [0.5, 0.6) is 5.75 Å². The molecule has 0 bridgehead atoms. The zero-order valence-electron chi connectivity index (χ0n) is 9.37. The molecular weight excluding hydrogens is 228 g/mol. The van der Waals surface area contributed by atoms with Crippen LogP contribution in [0.3, 0.4) is 0 Å². The third kappa shape index (κ3) is 1.79. The Labute approximate surface area is 99.9 Å². The molecule has 2 rings (SSSR count). The molecule has 3 nitrogen and oxygen atoms in total. The Hall–Kier alpha value is -0.770. The fourth-order valence-electron chi connectivity index (χ4n) is 2.04. The maximum Gasteiger partial charge on any atom is 0.137 e. The number of ether oxygens (including phenoxy) is 2. The molecule has 1 aromatic rings. The minimum Gasteiger partial charge on any atom is -0.495 e. The standard InChI is InChI=1S/C12H15ClO3/c1-8-12(14,5-6-16-8)9-3-4-10(13)11(7-9)15-2/h3-4,7-8,14H,5-6H2,1-2H3. The van der Waals surface area contributed by atoms with E-state index < -0.39 is 5.60 Å². The van der Waals surface area contributed by atoms with Crippen LogP contribution in [0.2, 0.25) is 5.02 Å². The summed E-state index contributed by atoms with van der Waals surface area (Å²) in [6.07, 6.45) is 0.386. The minimum absolute atomic E-state index is 0.210. The largest absolute Gasteiger partial charge is 0.495 e. The lowest BCUT2D eigenvalue weighted by molar-refractivity contribution is -0.0318. The van der Waals surface area contributed by atoms with Crippen molar-refractivity contribution >= 4 is 11.6 Å². The van der Waals surface area contributed by atoms with Gasteiger partial charge >= 0.3 is 0 Å². The number of benzene rings is 1. The second kappa shape index (κ2) is 4.24. The van der Waals surface area contributed by atoms with Crippen molar-refractivity contribution in [2.45, 2.75) is 25.0 Å². The molecule has 1 fully saturated rings. The van der Waals surface area contributed by atoms with E-state index in [-0.39, 0.29) is 6.10 Å². The minimum atomic E-state index is -0.933. The summed E-state index contributed by atoms with van der Waals surface area (Å²) in [7, 11) is 1.56. The smallest absolute Gasteiger partial charge is 0.137 e. The van der Waals surface area contributed by atoms with E-state index in [9.17, 15) is 5.11 Å². The van der Waals surface area contributed by atoms with Crippen molar-refractivity contribution in [3.05, 3.63) is 28.8 Å². The van der Waals surface area contributed by atoms with Crippen LogP contribution in [0.25, 0.3) is 0 Å². The highest BCUT2D eigenvalue weighted by Gasteiger charge is 2.41. The predicted molar refractivity (Wildman–Crippen MR) is 61.9 cm³/mol. The van der Waals surface area contributed by atoms with Crippen LogP contribution in [-0.2, 0) is 10.3 Å². The average molecular weight is 243 g/mol. The van der Waals surface area contributed by atoms with E-state index in [2.05, 4.69) is 0 Å². The summed E-state index contributed by atoms with van der Waals surface area (Å²) in [5.41, 5.74) is -0.142. The fourth-order valence-corrected chi connectivity index (χ4v) is 2.24. The van der Waals surface area contributed by atoms with Crippen molar-refractivity contribution in [1.29, 1.82) is 0 Å². The molecule has 16 heavy (non-hydrogen) atoms. The SMILES string of the molecule is COc1cc(C2(O)CCOC2C)ccc1Cl. The average Bonchev–Trinajstić information content (AvgIpc) is 2.61. The van der Waals surface area contributed by atoms with Crippen LogP contribution in [0.4, 0.5) is 0 Å². The van der Waals surface area contributed by atoms with Gasteiger partial charge in [-0.2, -0.15) is 0 Å². The molecule has 0 spiro atoms. The maximum atomic E-state index is 10.5. The second-order valence-electron chi connectivity index (χ2n) is 4.04. The first-order valence-corrected chi connectivity index (χ1v) is 5.63. The van der Waals surface area contributed by atoms with E-state index in [1.165, 1.54) is 0 Å². The molecule has 1 aromatic carbocycles. The molecule has 0 saturated carbocycles. The maximum absolute atomic E-state index is 10.5. The van der Waals surface area contributed by atoms with Crippen molar-refractivity contribution < 1.29 is 14.6 Å². The molecule has 0 radical (unpaired) electrons. The van der Waals surface area contributed by atoms with Crippen LogP contribution in [0, 0.1) is 0 Å². The number of methoxy groups -OCH3 is 1. The topological polar surface area (TPSA) is 38.7 Å². The van der Waals surface area contributed by atoms with Gasteiger partial charge < -0.3 is 14.6 Å². The lowest BCUT2D eigenvalue weighted by atomic mass is 9.88. The first-order valence-electron chi connectivity index (χ1n) is 5.26. The third-order valence-corrected chi connectivity index (χ3v) is 3.49. The molecule has 0 aromatic heterocycles. The Morgan fingerprint density at radius 1 is 1.56 bits per heavy atom. The molecule has 1 saturated heterocycles. The van der Waals surface area contributed by atoms with Gasteiger partial charge in [0.05, 0.1) is 24.8 Å². The van der Waals surface area contributed by atoms with E-state index in [4.69, 9.17) is 21.1 Å². The molecule has 1 aliphatic rings. The van der Waals surface area contributed by atoms with Crippen LogP contribution in [0.1, 0.15) is 18.9 Å². The molecule has 1 aliphatic heterocycles. The molecule has 2 unspecified atom stereocenters. The molecule has 1 N–H and O–H groups in total. The van der Waals surface area contributed by atoms with Gasteiger partial charge in [-0.15, -0.1) is 0 Å². The van der Waals surface area contributed by atoms with Crippen LogP contribution in [0.15, 0.2) is 18.2 Å². The Balaban J connectivity index is 2.40. The number of halogens is 1. The fraction of sp³-hybridized carbons (Fsp3) is 0.500. The zero-order chi connectivity index (χ0) is 11.8. The molecular formula is C12H15ClO3. The van der Waals surface area contributed by atoms with E-state index >= 15 is 0 Å². The van der Waals surface area contributed by atoms with Crippen molar-refractivity contribution in [2.24, 2.45) is 0 Å². The van der Waals surface area contributed by atoms with Gasteiger partial charge in [0.15, 0.2) is 0 Å². The van der Waals surface area contributed by atoms with Gasteiger partial charge in [-0.25, -0.2) is 0 Å². The summed E-state index contributed by atoms with van der Waals surface area (Å²) in [5.74, 6) is 0.576. The van der Waals surface area contributed by atoms with Gasteiger partial charge in [0.1, 0.15) is 11.4 Å². The summed E-state index contributed by atoms with van der Waals surface area (Å²) in [6, 6.07) is 5.32. The van der Waals surface area contributed by atoms with Gasteiger partial charge in [0, 0.05) is 6.42 Å². The summed E-state index contributed by atoms with van der Waals surface area (Å²) in [5, 5.41) is 11.1. The molecule has 0 amide bonds. The molecule has 4 heteroatoms. The Bertz CT molecular complexity index is 394. The molecule has 2 atom stereocenters. The Morgan fingerprint density at radius 3 is 2.88 bits per heavy atom. The van der Waals surface area contributed by atoms with Crippen molar-refractivity contribution in [2.75, 3.05) is 13.7 Å². The summed E-state index contributed by atoms with van der Waals surface area (Å²) < 4.78 is 10.5. The molecule has 1 heterocycles. The van der Waals surface area contributed by atoms with Gasteiger partial charge in [-0.1, -0.05) is 17.7 Å². The summed E-state index contributed by atoms with van der Waals surface area (Å²) in [6.45, 7) is 2.44. The monoisotopic (exact) mass is 242 g/mol.